The van der Waals surface area contributed by atoms with Crippen LogP contribution in [0.25, 0.3) is 11.0 Å². The fourth-order valence-electron chi connectivity index (χ4n) is 3.74. The third kappa shape index (κ3) is 4.32. The molecular formula is C20H21F3N6O. The van der Waals surface area contributed by atoms with Gasteiger partial charge in [-0.2, -0.15) is 13.2 Å². The van der Waals surface area contributed by atoms with Crippen LogP contribution in [0, 0.1) is 0 Å². The molecule has 1 aliphatic rings. The van der Waals surface area contributed by atoms with Gasteiger partial charge in [0.15, 0.2) is 0 Å². The molecule has 1 amide bonds. The molecule has 4 rings (SSSR count). The molecule has 0 radical (unpaired) electrons. The molecule has 3 aromatic rings. The number of alkyl halides is 3. The van der Waals surface area contributed by atoms with E-state index in [1.165, 1.54) is 24.5 Å². The van der Waals surface area contributed by atoms with Crippen molar-refractivity contribution in [3.8, 4) is 0 Å². The number of para-hydroxylation sites is 1. The van der Waals surface area contributed by atoms with Gasteiger partial charge in [0.2, 0.25) is 5.91 Å². The average molecular weight is 418 g/mol. The number of nitrogens with one attached hydrogen (secondary N) is 3. The van der Waals surface area contributed by atoms with E-state index in [0.29, 0.717) is 6.54 Å². The second kappa shape index (κ2) is 8.21. The maximum absolute atomic E-state index is 13.1. The standard InChI is InChI=1S/C20H21F3N6O/c21-20(22,23)15-5-1-2-6-16(15)25-10-17(30)28-13-4-3-9-29(11-13)19-14-7-8-24-18(14)26-12-27-19/h1-2,5-8,12-13,25H,3-4,9-11H2,(H,28,30)(H,24,26,27). The van der Waals surface area contributed by atoms with E-state index >= 15 is 0 Å². The second-order valence-corrected chi connectivity index (χ2v) is 7.19. The van der Waals surface area contributed by atoms with E-state index < -0.39 is 11.7 Å². The molecule has 1 aromatic carbocycles. The Bertz CT molecular complexity index is 1030. The maximum atomic E-state index is 13.1. The number of carbonyl (C=O) groups is 1. The lowest BCUT2D eigenvalue weighted by Gasteiger charge is -2.34. The number of H-pyrrole nitrogens is 1. The highest BCUT2D eigenvalue weighted by atomic mass is 19.4. The molecule has 3 N–H and O–H groups in total. The van der Waals surface area contributed by atoms with E-state index in [0.717, 1.165) is 42.3 Å². The first-order chi connectivity index (χ1) is 14.4. The Balaban J connectivity index is 1.37. The van der Waals surface area contributed by atoms with Crippen LogP contribution in [-0.2, 0) is 11.0 Å². The summed E-state index contributed by atoms with van der Waals surface area (Å²) >= 11 is 0. The predicted octanol–water partition coefficient (Wildman–Crippen LogP) is 3.17. The largest absolute Gasteiger partial charge is 0.418 e. The number of fused-ring (bicyclic) bond motifs is 1. The van der Waals surface area contributed by atoms with E-state index in [1.54, 1.807) is 6.20 Å². The molecule has 0 saturated carbocycles. The van der Waals surface area contributed by atoms with Crippen molar-refractivity contribution in [3.05, 3.63) is 48.4 Å². The smallest absolute Gasteiger partial charge is 0.376 e. The summed E-state index contributed by atoms with van der Waals surface area (Å²) in [5.74, 6) is 0.450. The van der Waals surface area contributed by atoms with Crippen molar-refractivity contribution in [3.63, 3.8) is 0 Å². The molecular weight excluding hydrogens is 397 g/mol. The Morgan fingerprint density at radius 2 is 2.07 bits per heavy atom. The molecule has 158 valence electrons. The minimum absolute atomic E-state index is 0.110. The number of anilines is 2. The van der Waals surface area contributed by atoms with Crippen LogP contribution in [0.1, 0.15) is 18.4 Å². The van der Waals surface area contributed by atoms with Gasteiger partial charge in [0, 0.05) is 31.0 Å². The third-order valence-corrected chi connectivity index (χ3v) is 5.09. The number of amides is 1. The van der Waals surface area contributed by atoms with Gasteiger partial charge in [-0.05, 0) is 31.0 Å². The fraction of sp³-hybridized carbons (Fsp3) is 0.350. The van der Waals surface area contributed by atoms with Gasteiger partial charge in [-0.1, -0.05) is 12.1 Å². The molecule has 10 heteroatoms. The molecule has 7 nitrogen and oxygen atoms in total. The summed E-state index contributed by atoms with van der Waals surface area (Å²) in [4.78, 5) is 26.1. The molecule has 1 fully saturated rings. The molecule has 1 unspecified atom stereocenters. The van der Waals surface area contributed by atoms with E-state index in [1.807, 2.05) is 6.07 Å². The van der Waals surface area contributed by atoms with E-state index in [-0.39, 0.29) is 24.2 Å². The summed E-state index contributed by atoms with van der Waals surface area (Å²) in [6.07, 6.45) is 0.480. The maximum Gasteiger partial charge on any atom is 0.418 e. The highest BCUT2D eigenvalue weighted by Gasteiger charge is 2.33. The van der Waals surface area contributed by atoms with E-state index in [4.69, 9.17) is 0 Å². The topological polar surface area (TPSA) is 85.9 Å². The number of aromatic nitrogens is 3. The summed E-state index contributed by atoms with van der Waals surface area (Å²) in [5, 5.41) is 6.43. The van der Waals surface area contributed by atoms with Gasteiger partial charge >= 0.3 is 6.18 Å². The fourth-order valence-corrected chi connectivity index (χ4v) is 3.74. The Labute approximate surface area is 170 Å². The van der Waals surface area contributed by atoms with E-state index in [9.17, 15) is 18.0 Å². The van der Waals surface area contributed by atoms with Crippen LogP contribution in [0.4, 0.5) is 24.7 Å². The van der Waals surface area contributed by atoms with Crippen molar-refractivity contribution in [1.82, 2.24) is 20.3 Å². The molecule has 0 spiro atoms. The predicted molar refractivity (Wildman–Crippen MR) is 107 cm³/mol. The van der Waals surface area contributed by atoms with Gasteiger partial charge in [-0.25, -0.2) is 9.97 Å². The molecule has 1 aliphatic heterocycles. The molecule has 1 saturated heterocycles. The van der Waals surface area contributed by atoms with Crippen molar-refractivity contribution in [1.29, 1.82) is 0 Å². The number of hydrogen-bond donors (Lipinski definition) is 3. The summed E-state index contributed by atoms with van der Waals surface area (Å²) in [6, 6.07) is 6.92. The van der Waals surface area contributed by atoms with Gasteiger partial charge in [-0.15, -0.1) is 0 Å². The Hall–Kier alpha value is -3.30. The van der Waals surface area contributed by atoms with Gasteiger partial charge in [0.25, 0.3) is 0 Å². The molecule has 30 heavy (non-hydrogen) atoms. The number of nitrogens with zero attached hydrogens (tertiary/aromatic N) is 3. The number of halogens is 3. The van der Waals surface area contributed by atoms with Crippen LogP contribution in [0.5, 0.6) is 0 Å². The van der Waals surface area contributed by atoms with Crippen molar-refractivity contribution in [2.45, 2.75) is 25.1 Å². The van der Waals surface area contributed by atoms with Crippen LogP contribution in [0.3, 0.4) is 0 Å². The number of piperidine rings is 1. The SMILES string of the molecule is O=C(CNc1ccccc1C(F)(F)F)NC1CCCN(c2ncnc3[nH]ccc23)C1. The summed E-state index contributed by atoms with van der Waals surface area (Å²) in [5.41, 5.74) is -0.152. The average Bonchev–Trinajstić information content (AvgIpc) is 3.21. The molecule has 0 aliphatic carbocycles. The van der Waals surface area contributed by atoms with E-state index in [2.05, 4.69) is 30.5 Å². The van der Waals surface area contributed by atoms with Gasteiger partial charge < -0.3 is 20.5 Å². The van der Waals surface area contributed by atoms with Crippen LogP contribution in [-0.4, -0.2) is 46.5 Å². The molecule has 1 atom stereocenters. The highest BCUT2D eigenvalue weighted by molar-refractivity contribution is 5.87. The lowest BCUT2D eigenvalue weighted by Crippen LogP contribution is -2.49. The molecule has 0 bridgehead atoms. The number of benzene rings is 1. The first kappa shape index (κ1) is 20.0. The third-order valence-electron chi connectivity index (χ3n) is 5.09. The zero-order valence-corrected chi connectivity index (χ0v) is 16.0. The zero-order valence-electron chi connectivity index (χ0n) is 16.0. The number of carbonyl (C=O) groups excluding carboxylic acids is 1. The molecule has 3 heterocycles. The van der Waals surface area contributed by atoms with Crippen molar-refractivity contribution in [2.75, 3.05) is 29.9 Å². The number of hydrogen-bond acceptors (Lipinski definition) is 5. The molecule has 2 aromatic heterocycles. The Morgan fingerprint density at radius 1 is 1.23 bits per heavy atom. The van der Waals surface area contributed by atoms with Gasteiger partial charge in [-0.3, -0.25) is 4.79 Å². The summed E-state index contributed by atoms with van der Waals surface area (Å²) < 4.78 is 39.2. The number of aromatic amines is 1. The van der Waals surface area contributed by atoms with Crippen LogP contribution in [0.2, 0.25) is 0 Å². The normalized spacial score (nSPS) is 17.2. The van der Waals surface area contributed by atoms with Crippen molar-refractivity contribution < 1.29 is 18.0 Å². The van der Waals surface area contributed by atoms with Crippen molar-refractivity contribution in [2.24, 2.45) is 0 Å². The Kier molecular flexibility index (Phi) is 5.47. The Morgan fingerprint density at radius 3 is 2.90 bits per heavy atom. The minimum Gasteiger partial charge on any atom is -0.376 e. The van der Waals surface area contributed by atoms with Gasteiger partial charge in [0.1, 0.15) is 17.8 Å². The minimum atomic E-state index is -4.48. The monoisotopic (exact) mass is 418 g/mol. The summed E-state index contributed by atoms with van der Waals surface area (Å²) in [7, 11) is 0. The first-order valence-corrected chi connectivity index (χ1v) is 9.64. The first-order valence-electron chi connectivity index (χ1n) is 9.64. The van der Waals surface area contributed by atoms with Crippen molar-refractivity contribution >= 4 is 28.4 Å². The zero-order chi connectivity index (χ0) is 21.1. The van der Waals surface area contributed by atoms with Crippen LogP contribution in [0.15, 0.2) is 42.9 Å². The summed E-state index contributed by atoms with van der Waals surface area (Å²) in [6.45, 7) is 1.14. The highest BCUT2D eigenvalue weighted by Crippen LogP contribution is 2.34. The quantitative estimate of drug-likeness (QED) is 0.593. The number of rotatable bonds is 5. The lowest BCUT2D eigenvalue weighted by atomic mass is 10.1. The van der Waals surface area contributed by atoms with Crippen LogP contribution < -0.4 is 15.5 Å². The lowest BCUT2D eigenvalue weighted by molar-refractivity contribution is -0.137. The van der Waals surface area contributed by atoms with Gasteiger partial charge in [0.05, 0.1) is 17.5 Å². The van der Waals surface area contributed by atoms with Crippen LogP contribution >= 0.6 is 0 Å². The second-order valence-electron chi connectivity index (χ2n) is 7.19.